The molecule has 158 valence electrons. The molecular formula is C16H27N5O7. The molecule has 1 rings (SSSR count). The molecule has 0 aromatic heterocycles. The summed E-state index contributed by atoms with van der Waals surface area (Å²) in [5.74, 6) is -4.08. The van der Waals surface area contributed by atoms with Crippen molar-refractivity contribution in [3.63, 3.8) is 0 Å². The lowest BCUT2D eigenvalue weighted by molar-refractivity contribution is -0.145. The van der Waals surface area contributed by atoms with E-state index in [1.165, 1.54) is 11.8 Å². The van der Waals surface area contributed by atoms with E-state index in [4.69, 9.17) is 16.6 Å². The van der Waals surface area contributed by atoms with Crippen LogP contribution in [0.5, 0.6) is 0 Å². The molecule has 0 radical (unpaired) electrons. The fraction of sp³-hybridized carbons (Fsp3) is 0.688. The van der Waals surface area contributed by atoms with Crippen LogP contribution in [0, 0.1) is 0 Å². The Morgan fingerprint density at radius 1 is 1.21 bits per heavy atom. The number of aliphatic hydroxyl groups is 1. The Morgan fingerprint density at radius 2 is 1.86 bits per heavy atom. The number of carbonyl (C=O) groups is 5. The number of carbonyl (C=O) groups excluding carboxylic acids is 4. The van der Waals surface area contributed by atoms with Crippen molar-refractivity contribution in [3.05, 3.63) is 0 Å². The lowest BCUT2D eigenvalue weighted by Crippen LogP contribution is -2.57. The van der Waals surface area contributed by atoms with Crippen LogP contribution in [-0.2, 0) is 24.0 Å². The second-order valence-corrected chi connectivity index (χ2v) is 6.58. The molecule has 4 atom stereocenters. The number of carboxylic acid groups (broad SMARTS) is 1. The van der Waals surface area contributed by atoms with Crippen molar-refractivity contribution < 1.29 is 34.2 Å². The molecule has 1 aliphatic heterocycles. The third-order valence-corrected chi connectivity index (χ3v) is 4.41. The second-order valence-electron chi connectivity index (χ2n) is 6.58. The first-order valence-electron chi connectivity index (χ1n) is 8.88. The zero-order valence-electron chi connectivity index (χ0n) is 15.6. The van der Waals surface area contributed by atoms with Crippen molar-refractivity contribution in [2.45, 2.75) is 56.8 Å². The predicted molar refractivity (Wildman–Crippen MR) is 95.4 cm³/mol. The van der Waals surface area contributed by atoms with Gasteiger partial charge in [-0.15, -0.1) is 0 Å². The van der Waals surface area contributed by atoms with Crippen LogP contribution in [0.3, 0.4) is 0 Å². The van der Waals surface area contributed by atoms with Gasteiger partial charge in [-0.2, -0.15) is 0 Å². The first-order chi connectivity index (χ1) is 13.1. The van der Waals surface area contributed by atoms with Gasteiger partial charge in [-0.3, -0.25) is 19.2 Å². The molecule has 1 saturated heterocycles. The van der Waals surface area contributed by atoms with Gasteiger partial charge < -0.3 is 37.2 Å². The fourth-order valence-corrected chi connectivity index (χ4v) is 2.92. The van der Waals surface area contributed by atoms with Crippen molar-refractivity contribution in [3.8, 4) is 0 Å². The maximum atomic E-state index is 12.6. The third kappa shape index (κ3) is 6.46. The van der Waals surface area contributed by atoms with Crippen molar-refractivity contribution in [2.24, 2.45) is 11.5 Å². The van der Waals surface area contributed by atoms with Crippen LogP contribution in [0.2, 0.25) is 0 Å². The number of nitrogens with two attached hydrogens (primary N) is 2. The molecular weight excluding hydrogens is 374 g/mol. The monoisotopic (exact) mass is 401 g/mol. The maximum absolute atomic E-state index is 12.6. The smallest absolute Gasteiger partial charge is 0.328 e. The number of aliphatic hydroxyl groups excluding tert-OH is 1. The molecule has 0 saturated carbocycles. The quantitative estimate of drug-likeness (QED) is 0.217. The summed E-state index contributed by atoms with van der Waals surface area (Å²) >= 11 is 0. The van der Waals surface area contributed by atoms with E-state index in [1.54, 1.807) is 0 Å². The highest BCUT2D eigenvalue weighted by atomic mass is 16.4. The summed E-state index contributed by atoms with van der Waals surface area (Å²) in [5.41, 5.74) is 10.4. The minimum absolute atomic E-state index is 0.170. The highest BCUT2D eigenvalue weighted by Crippen LogP contribution is 2.17. The summed E-state index contributed by atoms with van der Waals surface area (Å²) in [5, 5.41) is 23.1. The van der Waals surface area contributed by atoms with Crippen LogP contribution in [0.25, 0.3) is 0 Å². The zero-order chi connectivity index (χ0) is 21.4. The molecule has 4 unspecified atom stereocenters. The first-order valence-corrected chi connectivity index (χ1v) is 8.88. The summed E-state index contributed by atoms with van der Waals surface area (Å²) < 4.78 is 0. The van der Waals surface area contributed by atoms with E-state index in [2.05, 4.69) is 10.6 Å². The van der Waals surface area contributed by atoms with Gasteiger partial charge in [0.1, 0.15) is 12.1 Å². The molecule has 4 amide bonds. The third-order valence-electron chi connectivity index (χ3n) is 4.41. The van der Waals surface area contributed by atoms with E-state index in [0.29, 0.717) is 19.4 Å². The van der Waals surface area contributed by atoms with Crippen LogP contribution in [0.1, 0.15) is 32.6 Å². The number of amides is 4. The molecule has 0 bridgehead atoms. The van der Waals surface area contributed by atoms with E-state index in [0.717, 1.165) is 0 Å². The number of carboxylic acids is 1. The number of rotatable bonds is 10. The number of hydrogen-bond donors (Lipinski definition) is 6. The van der Waals surface area contributed by atoms with E-state index in [9.17, 15) is 29.1 Å². The summed E-state index contributed by atoms with van der Waals surface area (Å²) in [4.78, 5) is 60.4. The van der Waals surface area contributed by atoms with Crippen LogP contribution >= 0.6 is 0 Å². The van der Waals surface area contributed by atoms with Gasteiger partial charge in [0.05, 0.1) is 12.6 Å². The molecule has 28 heavy (non-hydrogen) atoms. The van der Waals surface area contributed by atoms with Crippen LogP contribution in [0.4, 0.5) is 0 Å². The average Bonchev–Trinajstić information content (AvgIpc) is 3.11. The Balaban J connectivity index is 2.89. The number of aliphatic carboxylic acids is 1. The van der Waals surface area contributed by atoms with Gasteiger partial charge in [0.15, 0.2) is 6.04 Å². The van der Waals surface area contributed by atoms with E-state index >= 15 is 0 Å². The maximum Gasteiger partial charge on any atom is 0.328 e. The lowest BCUT2D eigenvalue weighted by atomic mass is 10.1. The SMILES string of the molecule is CC(O)C(NC(=O)C(CCC(N)=O)NC(=O)C1CCCN1C(=O)CN)C(=O)O. The zero-order valence-corrected chi connectivity index (χ0v) is 15.6. The molecule has 1 aliphatic rings. The number of hydrogen-bond acceptors (Lipinski definition) is 7. The van der Waals surface area contributed by atoms with Crippen molar-refractivity contribution in [1.29, 1.82) is 0 Å². The molecule has 0 spiro atoms. The van der Waals surface area contributed by atoms with Gasteiger partial charge in [-0.25, -0.2) is 4.79 Å². The minimum atomic E-state index is -1.60. The van der Waals surface area contributed by atoms with Gasteiger partial charge in [0.2, 0.25) is 23.6 Å². The van der Waals surface area contributed by atoms with E-state index in [1.807, 2.05) is 0 Å². The largest absolute Gasteiger partial charge is 0.480 e. The normalized spacial score (nSPS) is 19.4. The second kappa shape index (κ2) is 10.6. The van der Waals surface area contributed by atoms with Crippen LogP contribution in [0.15, 0.2) is 0 Å². The number of nitrogens with one attached hydrogen (secondary N) is 2. The topological polar surface area (TPSA) is 205 Å². The Morgan fingerprint density at radius 3 is 2.36 bits per heavy atom. The highest BCUT2D eigenvalue weighted by molar-refractivity contribution is 5.94. The molecule has 0 aliphatic carbocycles. The van der Waals surface area contributed by atoms with Gasteiger partial charge in [0, 0.05) is 13.0 Å². The Kier molecular flexibility index (Phi) is 8.79. The Bertz CT molecular complexity index is 625. The molecule has 12 nitrogen and oxygen atoms in total. The van der Waals surface area contributed by atoms with Gasteiger partial charge in [-0.05, 0) is 26.2 Å². The molecule has 8 N–H and O–H groups in total. The first kappa shape index (κ1) is 23.3. The van der Waals surface area contributed by atoms with Crippen LogP contribution in [-0.4, -0.2) is 82.0 Å². The van der Waals surface area contributed by atoms with E-state index in [-0.39, 0.29) is 19.4 Å². The number of likely N-dealkylation sites (tertiary alicyclic amines) is 1. The number of primary amides is 1. The predicted octanol–water partition coefficient (Wildman–Crippen LogP) is -3.36. The average molecular weight is 401 g/mol. The molecule has 0 aromatic carbocycles. The summed E-state index contributed by atoms with van der Waals surface area (Å²) in [7, 11) is 0. The summed E-state index contributed by atoms with van der Waals surface area (Å²) in [6, 6.07) is -3.68. The molecule has 12 heteroatoms. The number of nitrogens with zero attached hydrogens (tertiary/aromatic N) is 1. The van der Waals surface area contributed by atoms with Gasteiger partial charge in [0.25, 0.3) is 0 Å². The van der Waals surface area contributed by atoms with Crippen molar-refractivity contribution >= 4 is 29.6 Å². The Hall–Kier alpha value is -2.73. The summed E-state index contributed by atoms with van der Waals surface area (Å²) in [6.07, 6.45) is -0.822. The Labute approximate surface area is 161 Å². The van der Waals surface area contributed by atoms with Crippen molar-refractivity contribution in [2.75, 3.05) is 13.1 Å². The van der Waals surface area contributed by atoms with Gasteiger partial charge in [-0.1, -0.05) is 0 Å². The van der Waals surface area contributed by atoms with Crippen LogP contribution < -0.4 is 22.1 Å². The molecule has 1 heterocycles. The fourth-order valence-electron chi connectivity index (χ4n) is 2.92. The lowest BCUT2D eigenvalue weighted by Gasteiger charge is -2.27. The highest BCUT2D eigenvalue weighted by Gasteiger charge is 2.36. The standard InChI is InChI=1S/C16H27N5O7/c1-8(22)13(16(27)28)20-14(25)9(4-5-11(18)23)19-15(26)10-3-2-6-21(10)12(24)7-17/h8-10,13,22H,2-7,17H2,1H3,(H2,18,23)(H,19,26)(H,20,25)(H,27,28). The van der Waals surface area contributed by atoms with E-state index < -0.39 is 53.8 Å². The molecule has 1 fully saturated rings. The van der Waals surface area contributed by atoms with Crippen molar-refractivity contribution in [1.82, 2.24) is 15.5 Å². The minimum Gasteiger partial charge on any atom is -0.480 e. The molecule has 0 aromatic rings. The van der Waals surface area contributed by atoms with Gasteiger partial charge >= 0.3 is 5.97 Å². The summed E-state index contributed by atoms with van der Waals surface area (Å²) in [6.45, 7) is 1.28.